The summed E-state index contributed by atoms with van der Waals surface area (Å²) < 4.78 is 16.2. The van der Waals surface area contributed by atoms with Crippen molar-refractivity contribution in [3.63, 3.8) is 0 Å². The second-order valence-corrected chi connectivity index (χ2v) is 5.61. The van der Waals surface area contributed by atoms with Crippen LogP contribution in [0.15, 0.2) is 18.2 Å². The van der Waals surface area contributed by atoms with Crippen molar-refractivity contribution in [3.05, 3.63) is 28.3 Å². The fourth-order valence-corrected chi connectivity index (χ4v) is 1.71. The van der Waals surface area contributed by atoms with Gasteiger partial charge in [0, 0.05) is 28.9 Å². The summed E-state index contributed by atoms with van der Waals surface area (Å²) in [5.41, 5.74) is 0.269. The van der Waals surface area contributed by atoms with Crippen molar-refractivity contribution in [3.8, 4) is 5.75 Å². The van der Waals surface area contributed by atoms with E-state index >= 15 is 0 Å². The average Bonchev–Trinajstić information content (AvgIpc) is 2.34. The van der Waals surface area contributed by atoms with E-state index in [1.807, 2.05) is 6.92 Å². The number of anilines is 1. The van der Waals surface area contributed by atoms with E-state index in [0.29, 0.717) is 12.2 Å². The SMILES string of the molecule is COc1cccc(NCC(C)S(C)=O)c1[N+](=O)[O-]. The summed E-state index contributed by atoms with van der Waals surface area (Å²) >= 11 is 0. The van der Waals surface area contributed by atoms with Crippen molar-refractivity contribution >= 4 is 22.2 Å². The van der Waals surface area contributed by atoms with Crippen LogP contribution in [-0.2, 0) is 10.8 Å². The minimum atomic E-state index is -0.972. The zero-order chi connectivity index (χ0) is 13.7. The zero-order valence-electron chi connectivity index (χ0n) is 10.5. The Hall–Kier alpha value is -1.63. The fourth-order valence-electron chi connectivity index (χ4n) is 1.39. The molecule has 1 rings (SSSR count). The quantitative estimate of drug-likeness (QED) is 0.630. The molecule has 2 unspecified atom stereocenters. The topological polar surface area (TPSA) is 81.5 Å². The van der Waals surface area contributed by atoms with Gasteiger partial charge < -0.3 is 10.1 Å². The Morgan fingerprint density at radius 1 is 1.56 bits per heavy atom. The minimum Gasteiger partial charge on any atom is -0.490 e. The van der Waals surface area contributed by atoms with E-state index in [2.05, 4.69) is 5.32 Å². The summed E-state index contributed by atoms with van der Waals surface area (Å²) in [5, 5.41) is 13.9. The highest BCUT2D eigenvalue weighted by Crippen LogP contribution is 2.34. The van der Waals surface area contributed by atoms with E-state index in [9.17, 15) is 14.3 Å². The van der Waals surface area contributed by atoms with Gasteiger partial charge in [-0.3, -0.25) is 14.3 Å². The molecular formula is C11H16N2O4S. The molecule has 0 saturated carbocycles. The molecule has 6 nitrogen and oxygen atoms in total. The molecule has 2 atom stereocenters. The molecule has 0 aliphatic carbocycles. The van der Waals surface area contributed by atoms with Gasteiger partial charge in [-0.1, -0.05) is 6.07 Å². The Bertz CT molecular complexity index is 464. The van der Waals surface area contributed by atoms with Gasteiger partial charge in [-0.2, -0.15) is 0 Å². The Kier molecular flexibility index (Phi) is 5.08. The molecule has 1 N–H and O–H groups in total. The first-order valence-electron chi connectivity index (χ1n) is 5.34. The highest BCUT2D eigenvalue weighted by atomic mass is 32.2. The van der Waals surface area contributed by atoms with Crippen molar-refractivity contribution in [1.82, 2.24) is 0 Å². The van der Waals surface area contributed by atoms with Gasteiger partial charge in [0.15, 0.2) is 5.75 Å². The van der Waals surface area contributed by atoms with Crippen molar-refractivity contribution in [2.75, 3.05) is 25.2 Å². The number of ether oxygens (including phenoxy) is 1. The third-order valence-corrected chi connectivity index (χ3v) is 3.85. The molecule has 0 bridgehead atoms. The second kappa shape index (κ2) is 6.34. The predicted octanol–water partition coefficient (Wildman–Crippen LogP) is 1.78. The van der Waals surface area contributed by atoms with Crippen molar-refractivity contribution in [1.29, 1.82) is 0 Å². The normalized spacial score (nSPS) is 13.7. The van der Waals surface area contributed by atoms with Crippen molar-refractivity contribution < 1.29 is 13.9 Å². The van der Waals surface area contributed by atoms with Crippen LogP contribution in [0.1, 0.15) is 6.92 Å². The van der Waals surface area contributed by atoms with Gasteiger partial charge in [-0.05, 0) is 19.1 Å². The first-order chi connectivity index (χ1) is 8.47. The molecule has 0 saturated heterocycles. The maximum absolute atomic E-state index is 11.2. The predicted molar refractivity (Wildman–Crippen MR) is 71.7 cm³/mol. The molecule has 0 amide bonds. The highest BCUT2D eigenvalue weighted by molar-refractivity contribution is 7.84. The molecule has 0 aliphatic rings. The van der Waals surface area contributed by atoms with E-state index in [1.165, 1.54) is 13.2 Å². The summed E-state index contributed by atoms with van der Waals surface area (Å²) in [6, 6.07) is 4.80. The molecule has 7 heteroatoms. The third kappa shape index (κ3) is 3.43. The molecular weight excluding hydrogens is 256 g/mol. The monoisotopic (exact) mass is 272 g/mol. The van der Waals surface area contributed by atoms with Gasteiger partial charge in [-0.25, -0.2) is 0 Å². The van der Waals surface area contributed by atoms with Crippen LogP contribution in [-0.4, -0.2) is 34.3 Å². The molecule has 18 heavy (non-hydrogen) atoms. The van der Waals surface area contributed by atoms with E-state index < -0.39 is 15.7 Å². The summed E-state index contributed by atoms with van der Waals surface area (Å²) in [6.45, 7) is 2.21. The Balaban J connectivity index is 2.95. The number of rotatable bonds is 6. The minimum absolute atomic E-state index is 0.0872. The van der Waals surface area contributed by atoms with E-state index in [1.54, 1.807) is 18.4 Å². The van der Waals surface area contributed by atoms with E-state index in [0.717, 1.165) is 0 Å². The second-order valence-electron chi connectivity index (χ2n) is 3.80. The number of nitrogens with one attached hydrogen (secondary N) is 1. The molecule has 100 valence electrons. The molecule has 1 aromatic carbocycles. The lowest BCUT2D eigenvalue weighted by Crippen LogP contribution is -2.21. The number of nitrogens with zero attached hydrogens (tertiary/aromatic N) is 1. The van der Waals surface area contributed by atoms with Crippen LogP contribution in [0, 0.1) is 10.1 Å². The van der Waals surface area contributed by atoms with Crippen LogP contribution in [0.3, 0.4) is 0 Å². The lowest BCUT2D eigenvalue weighted by molar-refractivity contribution is -0.384. The number of hydrogen-bond donors (Lipinski definition) is 1. The Morgan fingerprint density at radius 3 is 2.72 bits per heavy atom. The summed E-state index contributed by atoms with van der Waals surface area (Å²) in [6.07, 6.45) is 1.60. The Labute approximate surface area is 108 Å². The van der Waals surface area contributed by atoms with Gasteiger partial charge in [0.25, 0.3) is 0 Å². The van der Waals surface area contributed by atoms with Crippen molar-refractivity contribution in [2.24, 2.45) is 0 Å². The van der Waals surface area contributed by atoms with Gasteiger partial charge in [0.1, 0.15) is 5.69 Å². The number of nitro groups is 1. The summed E-state index contributed by atoms with van der Waals surface area (Å²) in [4.78, 5) is 10.5. The van der Waals surface area contributed by atoms with Gasteiger partial charge in [0.2, 0.25) is 0 Å². The van der Waals surface area contributed by atoms with E-state index in [-0.39, 0.29) is 16.7 Å². The standard InChI is InChI=1S/C11H16N2O4S/c1-8(18(3)16)7-12-9-5-4-6-10(17-2)11(9)13(14)15/h4-6,8,12H,7H2,1-3H3. The first kappa shape index (κ1) is 14.4. The van der Waals surface area contributed by atoms with Crippen LogP contribution in [0.2, 0.25) is 0 Å². The molecule has 0 aliphatic heterocycles. The van der Waals surface area contributed by atoms with Gasteiger partial charge >= 0.3 is 5.69 Å². The fraction of sp³-hybridized carbons (Fsp3) is 0.455. The summed E-state index contributed by atoms with van der Waals surface area (Å²) in [7, 11) is 0.413. The maximum atomic E-state index is 11.2. The van der Waals surface area contributed by atoms with Crippen molar-refractivity contribution in [2.45, 2.75) is 12.2 Å². The number of para-hydroxylation sites is 1. The van der Waals surface area contributed by atoms with Gasteiger partial charge in [-0.15, -0.1) is 0 Å². The third-order valence-electron chi connectivity index (χ3n) is 2.55. The molecule has 0 heterocycles. The Morgan fingerprint density at radius 2 is 2.22 bits per heavy atom. The smallest absolute Gasteiger partial charge is 0.333 e. The maximum Gasteiger partial charge on any atom is 0.333 e. The van der Waals surface area contributed by atoms with Gasteiger partial charge in [0.05, 0.1) is 12.0 Å². The molecule has 1 aromatic rings. The number of hydrogen-bond acceptors (Lipinski definition) is 5. The largest absolute Gasteiger partial charge is 0.490 e. The van der Waals surface area contributed by atoms with Crippen LogP contribution in [0.5, 0.6) is 5.75 Å². The number of nitro benzene ring substituents is 1. The van der Waals surface area contributed by atoms with Crippen LogP contribution in [0.25, 0.3) is 0 Å². The molecule has 0 radical (unpaired) electrons. The van der Waals surface area contributed by atoms with Crippen LogP contribution in [0.4, 0.5) is 11.4 Å². The average molecular weight is 272 g/mol. The van der Waals surface area contributed by atoms with Crippen LogP contribution < -0.4 is 10.1 Å². The van der Waals surface area contributed by atoms with E-state index in [4.69, 9.17) is 4.74 Å². The number of benzene rings is 1. The molecule has 0 spiro atoms. The lowest BCUT2D eigenvalue weighted by atomic mass is 10.2. The molecule has 0 fully saturated rings. The molecule has 0 aromatic heterocycles. The zero-order valence-corrected chi connectivity index (χ0v) is 11.3. The summed E-state index contributed by atoms with van der Waals surface area (Å²) in [5.74, 6) is 0.204. The highest BCUT2D eigenvalue weighted by Gasteiger charge is 2.20. The first-order valence-corrected chi connectivity index (χ1v) is 6.97. The number of methoxy groups -OCH3 is 1. The van der Waals surface area contributed by atoms with Crippen LogP contribution >= 0.6 is 0 Å². The lowest BCUT2D eigenvalue weighted by Gasteiger charge is -2.12.